The van der Waals surface area contributed by atoms with Crippen molar-refractivity contribution in [3.05, 3.63) is 46.6 Å². The van der Waals surface area contributed by atoms with Gasteiger partial charge in [0.2, 0.25) is 5.91 Å². The highest BCUT2D eigenvalue weighted by Gasteiger charge is 2.48. The molecule has 0 saturated carbocycles. The summed E-state index contributed by atoms with van der Waals surface area (Å²) in [5.41, 5.74) is -1.50. The summed E-state index contributed by atoms with van der Waals surface area (Å²) < 4.78 is 70.5. The van der Waals surface area contributed by atoms with E-state index in [-0.39, 0.29) is 18.9 Å². The van der Waals surface area contributed by atoms with Crippen molar-refractivity contribution in [2.75, 3.05) is 35.7 Å². The van der Waals surface area contributed by atoms with E-state index in [1.54, 1.807) is 6.07 Å². The molecule has 10 nitrogen and oxygen atoms in total. The predicted octanol–water partition coefficient (Wildman–Crippen LogP) is 3.62. The van der Waals surface area contributed by atoms with E-state index < -0.39 is 47.5 Å². The van der Waals surface area contributed by atoms with Crippen molar-refractivity contribution in [3.8, 4) is 0 Å². The quantitative estimate of drug-likeness (QED) is 0.437. The second-order valence-corrected chi connectivity index (χ2v) is 9.06. The number of piperidine rings is 1. The van der Waals surface area contributed by atoms with E-state index in [0.717, 1.165) is 14.1 Å². The molecule has 4 rings (SSSR count). The van der Waals surface area contributed by atoms with E-state index in [0.29, 0.717) is 44.1 Å². The van der Waals surface area contributed by atoms with Gasteiger partial charge in [-0.15, -0.1) is 0 Å². The number of carbonyl (C=O) groups excluding carboxylic acids is 2. The highest BCUT2D eigenvalue weighted by molar-refractivity contribution is 6.00. The number of nitrogens with one attached hydrogen (secondary N) is 3. The van der Waals surface area contributed by atoms with Crippen molar-refractivity contribution in [3.63, 3.8) is 0 Å². The van der Waals surface area contributed by atoms with E-state index in [4.69, 9.17) is 0 Å². The maximum Gasteiger partial charge on any atom is 0.417 e. The topological polar surface area (TPSA) is 115 Å². The highest BCUT2D eigenvalue weighted by atomic mass is 19.4. The number of aromatic nitrogens is 3. The van der Waals surface area contributed by atoms with Gasteiger partial charge in [-0.1, -0.05) is 0 Å². The molecule has 4 heterocycles. The minimum atomic E-state index is -4.78. The Labute approximate surface area is 212 Å². The summed E-state index contributed by atoms with van der Waals surface area (Å²) in [5, 5.41) is 5.20. The zero-order chi connectivity index (χ0) is 28.0. The third kappa shape index (κ3) is 5.26. The second-order valence-electron chi connectivity index (χ2n) is 9.06. The minimum absolute atomic E-state index is 0.107. The van der Waals surface area contributed by atoms with Gasteiger partial charge in [0.05, 0.1) is 29.7 Å². The van der Waals surface area contributed by atoms with Crippen LogP contribution in [0, 0.1) is 0 Å². The van der Waals surface area contributed by atoms with Crippen molar-refractivity contribution < 1.29 is 31.5 Å². The molecule has 1 fully saturated rings. The van der Waals surface area contributed by atoms with Gasteiger partial charge in [0.25, 0.3) is 11.5 Å². The van der Waals surface area contributed by atoms with Gasteiger partial charge in [-0.3, -0.25) is 9.59 Å². The molecule has 0 unspecified atom stereocenters. The molecule has 38 heavy (non-hydrogen) atoms. The summed E-state index contributed by atoms with van der Waals surface area (Å²) in [6, 6.07) is -0.656. The minimum Gasteiger partial charge on any atom is -0.364 e. The molecule has 1 saturated heterocycles. The number of pyridine rings is 2. The van der Waals surface area contributed by atoms with E-state index in [1.807, 2.05) is 5.32 Å². The molecule has 1 aliphatic rings. The summed E-state index contributed by atoms with van der Waals surface area (Å²) in [6.45, 7) is 0.670. The van der Waals surface area contributed by atoms with Crippen LogP contribution in [0.3, 0.4) is 0 Å². The Balaban J connectivity index is 1.51. The third-order valence-electron chi connectivity index (χ3n) is 6.29. The van der Waals surface area contributed by atoms with E-state index in [2.05, 4.69) is 15.3 Å². The Morgan fingerprint density at radius 2 is 1.92 bits per heavy atom. The Hall–Kier alpha value is -4.17. The first-order valence-electron chi connectivity index (χ1n) is 11.4. The summed E-state index contributed by atoms with van der Waals surface area (Å²) in [5.74, 6) is -3.73. The lowest BCUT2D eigenvalue weighted by Crippen LogP contribution is -2.59. The highest BCUT2D eigenvalue weighted by Crippen LogP contribution is 2.35. The fraction of sp³-hybridized carbons (Fsp3) is 0.391. The van der Waals surface area contributed by atoms with Crippen LogP contribution in [0.5, 0.6) is 0 Å². The smallest absolute Gasteiger partial charge is 0.364 e. The van der Waals surface area contributed by atoms with Gasteiger partial charge in [0.1, 0.15) is 17.4 Å². The van der Waals surface area contributed by atoms with Crippen molar-refractivity contribution in [1.82, 2.24) is 19.4 Å². The first-order valence-corrected chi connectivity index (χ1v) is 11.4. The maximum atomic E-state index is 15.3. The van der Waals surface area contributed by atoms with E-state index >= 15 is 8.78 Å². The summed E-state index contributed by atoms with van der Waals surface area (Å²) in [7, 11) is 2.18. The van der Waals surface area contributed by atoms with Crippen molar-refractivity contribution in [2.24, 2.45) is 7.05 Å². The molecule has 204 valence electrons. The molecule has 3 amide bonds. The van der Waals surface area contributed by atoms with Gasteiger partial charge in [0, 0.05) is 45.3 Å². The van der Waals surface area contributed by atoms with Crippen LogP contribution in [-0.4, -0.2) is 63.5 Å². The Morgan fingerprint density at radius 1 is 1.21 bits per heavy atom. The molecule has 3 aromatic heterocycles. The number of rotatable bonds is 4. The lowest BCUT2D eigenvalue weighted by Gasteiger charge is -2.42. The molecule has 3 N–H and O–H groups in total. The molecule has 1 aliphatic heterocycles. The van der Waals surface area contributed by atoms with Crippen LogP contribution in [0.2, 0.25) is 0 Å². The number of aryl methyl sites for hydroxylation is 1. The van der Waals surface area contributed by atoms with Gasteiger partial charge in [-0.05, 0) is 18.6 Å². The van der Waals surface area contributed by atoms with Crippen LogP contribution in [0.4, 0.5) is 43.8 Å². The Morgan fingerprint density at radius 3 is 2.55 bits per heavy atom. The molecular formula is C23H24F5N7O3. The number of fused-ring (bicyclic) bond motifs is 1. The molecule has 0 radical (unpaired) electrons. The first kappa shape index (κ1) is 26.9. The lowest BCUT2D eigenvalue weighted by atomic mass is 9.99. The largest absolute Gasteiger partial charge is 0.417 e. The van der Waals surface area contributed by atoms with Gasteiger partial charge >= 0.3 is 12.2 Å². The van der Waals surface area contributed by atoms with Crippen molar-refractivity contribution in [1.29, 1.82) is 0 Å². The van der Waals surface area contributed by atoms with Gasteiger partial charge in [0.15, 0.2) is 0 Å². The Kier molecular flexibility index (Phi) is 6.80. The van der Waals surface area contributed by atoms with Crippen LogP contribution in [0.15, 0.2) is 35.5 Å². The molecule has 0 aromatic carbocycles. The number of nitrogens with zero attached hydrogens (tertiary/aromatic N) is 4. The number of hydrogen-bond acceptors (Lipinski definition) is 5. The molecular weight excluding hydrogens is 517 g/mol. The summed E-state index contributed by atoms with van der Waals surface area (Å²) in [6.07, 6.45) is -1.44. The number of H-pyrrole nitrogens is 1. The molecule has 3 aromatic rings. The average Bonchev–Trinajstić information content (AvgIpc) is 3.21. The fourth-order valence-electron chi connectivity index (χ4n) is 4.39. The van der Waals surface area contributed by atoms with Crippen LogP contribution < -0.4 is 21.1 Å². The number of amides is 3. The SMILES string of the molecule is CC(=O)Nc1c[nH]c2ncc(N3CC[C@H](N(C)C(=O)Nc4cc(C(F)(F)F)cn(C)c4=O)C(F)(F)C3)cc12. The van der Waals surface area contributed by atoms with Crippen molar-refractivity contribution in [2.45, 2.75) is 31.5 Å². The van der Waals surface area contributed by atoms with Crippen LogP contribution in [-0.2, 0) is 18.0 Å². The maximum absolute atomic E-state index is 15.3. The number of halogens is 5. The molecule has 15 heteroatoms. The van der Waals surface area contributed by atoms with E-state index in [1.165, 1.54) is 24.2 Å². The number of hydrogen-bond donors (Lipinski definition) is 3. The summed E-state index contributed by atoms with van der Waals surface area (Å²) >= 11 is 0. The fourth-order valence-corrected chi connectivity index (χ4v) is 4.39. The number of aromatic amines is 1. The normalized spacial score (nSPS) is 17.4. The number of urea groups is 1. The second kappa shape index (κ2) is 9.61. The van der Waals surface area contributed by atoms with Crippen LogP contribution in [0.25, 0.3) is 11.0 Å². The molecule has 0 bridgehead atoms. The third-order valence-corrected chi connectivity index (χ3v) is 6.29. The van der Waals surface area contributed by atoms with Crippen molar-refractivity contribution >= 4 is 40.0 Å². The number of alkyl halides is 5. The van der Waals surface area contributed by atoms with Crippen LogP contribution >= 0.6 is 0 Å². The number of anilines is 3. The monoisotopic (exact) mass is 541 g/mol. The molecule has 0 spiro atoms. The lowest BCUT2D eigenvalue weighted by molar-refractivity contribution is -0.138. The Bertz CT molecular complexity index is 1450. The zero-order valence-corrected chi connectivity index (χ0v) is 20.5. The van der Waals surface area contributed by atoms with Gasteiger partial charge in [-0.2, -0.15) is 13.2 Å². The molecule has 0 aliphatic carbocycles. The first-order chi connectivity index (χ1) is 17.7. The zero-order valence-electron chi connectivity index (χ0n) is 20.5. The average molecular weight is 541 g/mol. The molecule has 1 atom stereocenters. The van der Waals surface area contributed by atoms with Gasteiger partial charge in [-0.25, -0.2) is 18.6 Å². The number of carbonyl (C=O) groups is 2. The van der Waals surface area contributed by atoms with Crippen LogP contribution in [0.1, 0.15) is 18.9 Å². The standard InChI is InChI=1S/C23H24F5N7O3/c1-12(36)31-17-9-30-19-15(17)7-14(8-29-19)35-5-4-18(22(24,25)11-35)34(3)21(38)32-16-6-13(23(26,27)28)10-33(2)20(16)37/h6-10,18H,4-5,11H2,1-3H3,(H,29,30)(H,31,36)(H,32,38)/t18-/m0/s1. The van der Waals surface area contributed by atoms with Gasteiger partial charge < -0.3 is 30.0 Å². The summed E-state index contributed by atoms with van der Waals surface area (Å²) in [4.78, 5) is 45.6. The van der Waals surface area contributed by atoms with E-state index in [9.17, 15) is 27.6 Å². The predicted molar refractivity (Wildman–Crippen MR) is 129 cm³/mol.